The van der Waals surface area contributed by atoms with E-state index in [1.165, 1.54) is 12.1 Å². The van der Waals surface area contributed by atoms with Crippen LogP contribution < -0.4 is 10.6 Å². The van der Waals surface area contributed by atoms with Gasteiger partial charge in [-0.15, -0.1) is 24.0 Å². The Bertz CT molecular complexity index is 850. The van der Waals surface area contributed by atoms with E-state index in [9.17, 15) is 4.39 Å². The summed E-state index contributed by atoms with van der Waals surface area (Å²) in [7, 11) is 1.70. The van der Waals surface area contributed by atoms with Gasteiger partial charge in [0.05, 0.1) is 0 Å². The monoisotopic (exact) mass is 466 g/mol. The van der Waals surface area contributed by atoms with E-state index >= 15 is 0 Å². The molecule has 0 saturated carbocycles. The fraction of sp³-hybridized carbons (Fsp3) is 0.167. The standard InChI is InChI=1S/C18H19FN6.HI/c1-20-18(23-11-14-3-2-4-16(19)9-14)24-12-15-5-6-22-17(10-15)25-8-7-21-13-25;/h2-10,13H,11-12H2,1H3,(H2,20,23,24);1H. The van der Waals surface area contributed by atoms with Gasteiger partial charge >= 0.3 is 0 Å². The SMILES string of the molecule is CN=C(NCc1cccc(F)c1)NCc1ccnc(-n2ccnc2)c1.I. The maximum absolute atomic E-state index is 13.2. The number of aliphatic imine (C=N–C) groups is 1. The van der Waals surface area contributed by atoms with Crippen molar-refractivity contribution < 1.29 is 4.39 Å². The van der Waals surface area contributed by atoms with Gasteiger partial charge in [-0.1, -0.05) is 12.1 Å². The predicted octanol–water partition coefficient (Wildman–Crippen LogP) is 2.89. The molecule has 26 heavy (non-hydrogen) atoms. The Morgan fingerprint density at radius 1 is 1.12 bits per heavy atom. The number of halogens is 2. The molecule has 0 spiro atoms. The Morgan fingerprint density at radius 3 is 2.54 bits per heavy atom. The lowest BCUT2D eigenvalue weighted by atomic mass is 10.2. The van der Waals surface area contributed by atoms with Crippen molar-refractivity contribution >= 4 is 29.9 Å². The maximum atomic E-state index is 13.2. The van der Waals surface area contributed by atoms with Crippen molar-refractivity contribution in [2.75, 3.05) is 7.05 Å². The molecule has 3 aromatic rings. The molecule has 1 aromatic carbocycles. The number of guanidine groups is 1. The highest BCUT2D eigenvalue weighted by Crippen LogP contribution is 2.07. The van der Waals surface area contributed by atoms with E-state index < -0.39 is 0 Å². The van der Waals surface area contributed by atoms with Gasteiger partial charge in [0.2, 0.25) is 0 Å². The van der Waals surface area contributed by atoms with Crippen molar-refractivity contribution in [3.05, 3.63) is 78.3 Å². The summed E-state index contributed by atoms with van der Waals surface area (Å²) in [5.41, 5.74) is 1.92. The summed E-state index contributed by atoms with van der Waals surface area (Å²) in [6, 6.07) is 10.4. The minimum absolute atomic E-state index is 0. The van der Waals surface area contributed by atoms with E-state index in [2.05, 4.69) is 25.6 Å². The van der Waals surface area contributed by atoms with Crippen molar-refractivity contribution in [3.8, 4) is 5.82 Å². The van der Waals surface area contributed by atoms with Crippen LogP contribution in [0.5, 0.6) is 0 Å². The second-order valence-electron chi connectivity index (χ2n) is 5.40. The van der Waals surface area contributed by atoms with E-state index in [1.54, 1.807) is 31.8 Å². The number of hydrogen-bond acceptors (Lipinski definition) is 3. The van der Waals surface area contributed by atoms with Gasteiger partial charge in [0, 0.05) is 38.7 Å². The quantitative estimate of drug-likeness (QED) is 0.345. The summed E-state index contributed by atoms with van der Waals surface area (Å²) < 4.78 is 15.1. The van der Waals surface area contributed by atoms with Gasteiger partial charge in [-0.25, -0.2) is 14.4 Å². The minimum atomic E-state index is -0.244. The number of imidazole rings is 1. The molecule has 0 unspecified atom stereocenters. The molecule has 0 radical (unpaired) electrons. The third-order valence-corrected chi connectivity index (χ3v) is 3.61. The normalized spacial score (nSPS) is 10.9. The second kappa shape index (κ2) is 9.85. The summed E-state index contributed by atoms with van der Waals surface area (Å²) in [5.74, 6) is 1.20. The van der Waals surface area contributed by atoms with Crippen LogP contribution in [0.15, 0.2) is 66.3 Å². The average molecular weight is 466 g/mol. The molecule has 2 heterocycles. The molecular weight excluding hydrogens is 446 g/mol. The Hall–Kier alpha value is -2.49. The first-order valence-electron chi connectivity index (χ1n) is 7.87. The number of hydrogen-bond donors (Lipinski definition) is 2. The Labute approximate surface area is 168 Å². The predicted molar refractivity (Wildman–Crippen MR) is 110 cm³/mol. The summed E-state index contributed by atoms with van der Waals surface area (Å²) in [4.78, 5) is 12.5. The van der Waals surface area contributed by atoms with Gasteiger partial charge in [0.15, 0.2) is 5.96 Å². The lowest BCUT2D eigenvalue weighted by Gasteiger charge is -2.12. The molecule has 2 aromatic heterocycles. The van der Waals surface area contributed by atoms with Crippen molar-refractivity contribution in [2.45, 2.75) is 13.1 Å². The summed E-state index contributed by atoms with van der Waals surface area (Å²) in [6.07, 6.45) is 7.03. The summed E-state index contributed by atoms with van der Waals surface area (Å²) >= 11 is 0. The zero-order valence-electron chi connectivity index (χ0n) is 14.3. The summed E-state index contributed by atoms with van der Waals surface area (Å²) in [5, 5.41) is 6.40. The Balaban J connectivity index is 0.00000243. The third-order valence-electron chi connectivity index (χ3n) is 3.61. The number of nitrogens with zero attached hydrogens (tertiary/aromatic N) is 4. The molecule has 3 rings (SSSR count). The highest BCUT2D eigenvalue weighted by Gasteiger charge is 2.02. The zero-order chi connectivity index (χ0) is 17.5. The smallest absolute Gasteiger partial charge is 0.191 e. The number of benzene rings is 1. The molecule has 0 aliphatic rings. The molecule has 0 amide bonds. The van der Waals surface area contributed by atoms with Crippen LogP contribution in [0.4, 0.5) is 4.39 Å². The topological polar surface area (TPSA) is 67.1 Å². The van der Waals surface area contributed by atoms with Crippen molar-refractivity contribution in [2.24, 2.45) is 4.99 Å². The molecule has 0 bridgehead atoms. The molecule has 0 saturated heterocycles. The highest BCUT2D eigenvalue weighted by molar-refractivity contribution is 14.0. The van der Waals surface area contributed by atoms with Crippen LogP contribution in [0.1, 0.15) is 11.1 Å². The maximum Gasteiger partial charge on any atom is 0.191 e. The molecule has 136 valence electrons. The average Bonchev–Trinajstić information content (AvgIpc) is 3.17. The third kappa shape index (κ3) is 5.51. The molecule has 6 nitrogen and oxygen atoms in total. The number of nitrogens with one attached hydrogen (secondary N) is 2. The van der Waals surface area contributed by atoms with Crippen LogP contribution >= 0.6 is 24.0 Å². The largest absolute Gasteiger partial charge is 0.352 e. The highest BCUT2D eigenvalue weighted by atomic mass is 127. The fourth-order valence-electron chi connectivity index (χ4n) is 2.35. The first-order chi connectivity index (χ1) is 12.2. The molecule has 0 aliphatic carbocycles. The van der Waals surface area contributed by atoms with Gasteiger partial charge in [-0.05, 0) is 35.4 Å². The second-order valence-corrected chi connectivity index (χ2v) is 5.40. The zero-order valence-corrected chi connectivity index (χ0v) is 16.6. The summed E-state index contributed by atoms with van der Waals surface area (Å²) in [6.45, 7) is 1.08. The van der Waals surface area contributed by atoms with Crippen LogP contribution in [0.2, 0.25) is 0 Å². The molecular formula is C18H20FIN6. The first-order valence-corrected chi connectivity index (χ1v) is 7.87. The van der Waals surface area contributed by atoms with Gasteiger partial charge in [-0.2, -0.15) is 0 Å². The lowest BCUT2D eigenvalue weighted by Crippen LogP contribution is -2.36. The number of aromatic nitrogens is 3. The van der Waals surface area contributed by atoms with Crippen molar-refractivity contribution in [1.29, 1.82) is 0 Å². The van der Waals surface area contributed by atoms with Crippen LogP contribution in [-0.2, 0) is 13.1 Å². The minimum Gasteiger partial charge on any atom is -0.352 e. The Morgan fingerprint density at radius 2 is 1.88 bits per heavy atom. The molecule has 0 aliphatic heterocycles. The molecule has 0 fully saturated rings. The van der Waals surface area contributed by atoms with Gasteiger partial charge in [0.25, 0.3) is 0 Å². The molecule has 2 N–H and O–H groups in total. The van der Waals surface area contributed by atoms with E-state index in [-0.39, 0.29) is 29.8 Å². The molecule has 8 heteroatoms. The van der Waals surface area contributed by atoms with Crippen LogP contribution in [-0.4, -0.2) is 27.5 Å². The molecule has 0 atom stereocenters. The van der Waals surface area contributed by atoms with E-state index in [1.807, 2.05) is 29.0 Å². The van der Waals surface area contributed by atoms with E-state index in [0.717, 1.165) is 16.9 Å². The van der Waals surface area contributed by atoms with Crippen molar-refractivity contribution in [3.63, 3.8) is 0 Å². The van der Waals surface area contributed by atoms with E-state index in [4.69, 9.17) is 0 Å². The first kappa shape index (κ1) is 19.8. The van der Waals surface area contributed by atoms with Crippen LogP contribution in [0, 0.1) is 5.82 Å². The van der Waals surface area contributed by atoms with Crippen LogP contribution in [0.25, 0.3) is 5.82 Å². The van der Waals surface area contributed by atoms with Gasteiger partial charge < -0.3 is 10.6 Å². The van der Waals surface area contributed by atoms with Crippen LogP contribution in [0.3, 0.4) is 0 Å². The number of rotatable bonds is 5. The number of pyridine rings is 1. The Kier molecular flexibility index (Phi) is 7.52. The lowest BCUT2D eigenvalue weighted by molar-refractivity contribution is 0.624. The van der Waals surface area contributed by atoms with E-state index in [0.29, 0.717) is 19.0 Å². The fourth-order valence-corrected chi connectivity index (χ4v) is 2.35. The van der Waals surface area contributed by atoms with Gasteiger partial charge in [0.1, 0.15) is 18.0 Å². The van der Waals surface area contributed by atoms with Gasteiger partial charge in [-0.3, -0.25) is 9.56 Å². The van der Waals surface area contributed by atoms with Crippen molar-refractivity contribution in [1.82, 2.24) is 25.2 Å².